The molecule has 0 atom stereocenters. The van der Waals surface area contributed by atoms with Gasteiger partial charge in [0, 0.05) is 37.7 Å². The Morgan fingerprint density at radius 3 is 2.47 bits per heavy atom. The van der Waals surface area contributed by atoms with Crippen molar-refractivity contribution in [3.8, 4) is 0 Å². The highest BCUT2D eigenvalue weighted by molar-refractivity contribution is 5.56. The Labute approximate surface area is 102 Å². The van der Waals surface area contributed by atoms with Gasteiger partial charge in [0.1, 0.15) is 17.5 Å². The molecular weight excluding hydrogens is 214 g/mol. The number of hydrogen-bond donors (Lipinski definition) is 2. The van der Waals surface area contributed by atoms with E-state index in [-0.39, 0.29) is 0 Å². The second-order valence-electron chi connectivity index (χ2n) is 4.81. The average molecular weight is 235 g/mol. The molecule has 1 fully saturated rings. The number of nitrogens with two attached hydrogens (primary N) is 1. The molecule has 1 saturated heterocycles. The maximum absolute atomic E-state index is 5.97. The minimum atomic E-state index is 0.305. The fraction of sp³-hybridized carbons (Fsp3) is 0.667. The van der Waals surface area contributed by atoms with Crippen LogP contribution in [-0.2, 0) is 0 Å². The number of piperazine rings is 1. The van der Waals surface area contributed by atoms with Gasteiger partial charge in [-0.2, -0.15) is 0 Å². The third kappa shape index (κ3) is 2.49. The maximum Gasteiger partial charge on any atom is 0.137 e. The molecule has 0 saturated carbocycles. The molecular formula is C12H21N5. The zero-order chi connectivity index (χ0) is 12.4. The fourth-order valence-corrected chi connectivity index (χ4v) is 1.98. The summed E-state index contributed by atoms with van der Waals surface area (Å²) in [5.74, 6) is 2.75. The van der Waals surface area contributed by atoms with Crippen molar-refractivity contribution in [2.24, 2.45) is 0 Å². The van der Waals surface area contributed by atoms with Gasteiger partial charge < -0.3 is 16.0 Å². The number of anilines is 2. The van der Waals surface area contributed by atoms with Crippen LogP contribution in [0.3, 0.4) is 0 Å². The van der Waals surface area contributed by atoms with Gasteiger partial charge in [-0.3, -0.25) is 0 Å². The first-order valence-corrected chi connectivity index (χ1v) is 6.19. The van der Waals surface area contributed by atoms with Gasteiger partial charge in [0.15, 0.2) is 0 Å². The van der Waals surface area contributed by atoms with Gasteiger partial charge >= 0.3 is 0 Å². The zero-order valence-electron chi connectivity index (χ0n) is 10.8. The van der Waals surface area contributed by atoms with Crippen LogP contribution in [0.1, 0.15) is 31.2 Å². The molecule has 2 heterocycles. The lowest BCUT2D eigenvalue weighted by atomic mass is 10.2. The summed E-state index contributed by atoms with van der Waals surface area (Å²) >= 11 is 0. The molecule has 1 aromatic heterocycles. The van der Waals surface area contributed by atoms with Crippen LogP contribution in [0, 0.1) is 6.92 Å². The van der Waals surface area contributed by atoms with Crippen LogP contribution in [-0.4, -0.2) is 36.1 Å². The van der Waals surface area contributed by atoms with E-state index in [1.54, 1.807) is 0 Å². The van der Waals surface area contributed by atoms with Crippen LogP contribution < -0.4 is 16.0 Å². The number of nitrogen functional groups attached to an aromatic ring is 1. The lowest BCUT2D eigenvalue weighted by molar-refractivity contribution is 0.581. The molecule has 0 amide bonds. The molecule has 1 aliphatic rings. The molecule has 3 N–H and O–H groups in total. The van der Waals surface area contributed by atoms with Crippen molar-refractivity contribution in [2.45, 2.75) is 26.7 Å². The number of hydrogen-bond acceptors (Lipinski definition) is 5. The quantitative estimate of drug-likeness (QED) is 0.797. The molecule has 94 valence electrons. The SMILES string of the molecule is Cc1c(N)nc(C(C)C)nc1N1CCNCC1. The first kappa shape index (κ1) is 12.1. The Balaban J connectivity index is 2.36. The van der Waals surface area contributed by atoms with Gasteiger partial charge in [0.2, 0.25) is 0 Å². The van der Waals surface area contributed by atoms with E-state index in [1.165, 1.54) is 0 Å². The molecule has 0 unspecified atom stereocenters. The summed E-state index contributed by atoms with van der Waals surface area (Å²) in [5.41, 5.74) is 6.97. The predicted molar refractivity (Wildman–Crippen MR) is 70.4 cm³/mol. The topological polar surface area (TPSA) is 67.1 Å². The Kier molecular flexibility index (Phi) is 3.47. The van der Waals surface area contributed by atoms with Crippen LogP contribution in [0.25, 0.3) is 0 Å². The molecule has 5 nitrogen and oxygen atoms in total. The summed E-state index contributed by atoms with van der Waals surface area (Å²) in [7, 11) is 0. The Bertz CT molecular complexity index is 396. The van der Waals surface area contributed by atoms with E-state index in [1.807, 2.05) is 6.92 Å². The summed E-state index contributed by atoms with van der Waals surface area (Å²) in [6.07, 6.45) is 0. The normalized spacial score (nSPS) is 16.6. The molecule has 0 spiro atoms. The highest BCUT2D eigenvalue weighted by Gasteiger charge is 2.18. The van der Waals surface area contributed by atoms with E-state index in [4.69, 9.17) is 5.73 Å². The van der Waals surface area contributed by atoms with E-state index in [0.717, 1.165) is 43.4 Å². The summed E-state index contributed by atoms with van der Waals surface area (Å²) in [6, 6.07) is 0. The van der Waals surface area contributed by atoms with E-state index in [9.17, 15) is 0 Å². The zero-order valence-corrected chi connectivity index (χ0v) is 10.8. The van der Waals surface area contributed by atoms with Gasteiger partial charge in [0.25, 0.3) is 0 Å². The molecule has 0 aliphatic carbocycles. The van der Waals surface area contributed by atoms with Gasteiger partial charge in [-0.25, -0.2) is 9.97 Å². The molecule has 0 radical (unpaired) electrons. The minimum Gasteiger partial charge on any atom is -0.383 e. The molecule has 0 aromatic carbocycles. The standard InChI is InChI=1S/C12H21N5/c1-8(2)11-15-10(13)9(3)12(16-11)17-6-4-14-5-7-17/h8,14H,4-7H2,1-3H3,(H2,13,15,16). The molecule has 2 rings (SSSR count). The van der Waals surface area contributed by atoms with Crippen molar-refractivity contribution in [3.05, 3.63) is 11.4 Å². The lowest BCUT2D eigenvalue weighted by Gasteiger charge is -2.30. The maximum atomic E-state index is 5.97. The van der Waals surface area contributed by atoms with Gasteiger partial charge in [-0.1, -0.05) is 13.8 Å². The van der Waals surface area contributed by atoms with Crippen molar-refractivity contribution in [3.63, 3.8) is 0 Å². The summed E-state index contributed by atoms with van der Waals surface area (Å²) in [6.45, 7) is 10.1. The van der Waals surface area contributed by atoms with Crippen molar-refractivity contribution in [1.29, 1.82) is 0 Å². The Hall–Kier alpha value is -1.36. The van der Waals surface area contributed by atoms with E-state index in [0.29, 0.717) is 11.7 Å². The van der Waals surface area contributed by atoms with Crippen molar-refractivity contribution in [1.82, 2.24) is 15.3 Å². The highest BCUT2D eigenvalue weighted by Crippen LogP contribution is 2.24. The lowest BCUT2D eigenvalue weighted by Crippen LogP contribution is -2.44. The summed E-state index contributed by atoms with van der Waals surface area (Å²) in [4.78, 5) is 11.3. The van der Waals surface area contributed by atoms with Crippen LogP contribution >= 0.6 is 0 Å². The summed E-state index contributed by atoms with van der Waals surface area (Å²) in [5, 5.41) is 3.34. The molecule has 1 aliphatic heterocycles. The van der Waals surface area contributed by atoms with Crippen LogP contribution in [0.4, 0.5) is 11.6 Å². The van der Waals surface area contributed by atoms with Crippen molar-refractivity contribution in [2.75, 3.05) is 36.8 Å². The number of rotatable bonds is 2. The third-order valence-electron chi connectivity index (χ3n) is 3.11. The largest absolute Gasteiger partial charge is 0.383 e. The number of nitrogens with one attached hydrogen (secondary N) is 1. The molecule has 0 bridgehead atoms. The van der Waals surface area contributed by atoms with E-state index >= 15 is 0 Å². The molecule has 17 heavy (non-hydrogen) atoms. The van der Waals surface area contributed by atoms with E-state index in [2.05, 4.69) is 34.0 Å². The van der Waals surface area contributed by atoms with Crippen molar-refractivity contribution >= 4 is 11.6 Å². The monoisotopic (exact) mass is 235 g/mol. The average Bonchev–Trinajstić information content (AvgIpc) is 2.33. The van der Waals surface area contributed by atoms with Gasteiger partial charge in [-0.15, -0.1) is 0 Å². The Morgan fingerprint density at radius 1 is 1.24 bits per heavy atom. The number of nitrogens with zero attached hydrogens (tertiary/aromatic N) is 3. The van der Waals surface area contributed by atoms with Crippen LogP contribution in [0.15, 0.2) is 0 Å². The predicted octanol–water partition coefficient (Wildman–Crippen LogP) is 0.900. The second-order valence-corrected chi connectivity index (χ2v) is 4.81. The van der Waals surface area contributed by atoms with Crippen molar-refractivity contribution < 1.29 is 0 Å². The van der Waals surface area contributed by atoms with Gasteiger partial charge in [0.05, 0.1) is 0 Å². The highest BCUT2D eigenvalue weighted by atomic mass is 15.2. The fourth-order valence-electron chi connectivity index (χ4n) is 1.98. The minimum absolute atomic E-state index is 0.305. The molecule has 5 heteroatoms. The first-order chi connectivity index (χ1) is 8.09. The van der Waals surface area contributed by atoms with Gasteiger partial charge in [-0.05, 0) is 6.92 Å². The van der Waals surface area contributed by atoms with Crippen LogP contribution in [0.5, 0.6) is 0 Å². The Morgan fingerprint density at radius 2 is 1.88 bits per heavy atom. The second kappa shape index (κ2) is 4.87. The smallest absolute Gasteiger partial charge is 0.137 e. The molecule has 1 aromatic rings. The van der Waals surface area contributed by atoms with Crippen LogP contribution in [0.2, 0.25) is 0 Å². The van der Waals surface area contributed by atoms with E-state index < -0.39 is 0 Å². The third-order valence-corrected chi connectivity index (χ3v) is 3.11. The first-order valence-electron chi connectivity index (χ1n) is 6.19. The summed E-state index contributed by atoms with van der Waals surface area (Å²) < 4.78 is 0. The number of aromatic nitrogens is 2.